The van der Waals surface area contributed by atoms with E-state index in [2.05, 4.69) is 29.1 Å². The summed E-state index contributed by atoms with van der Waals surface area (Å²) < 4.78 is 0. The zero-order valence-corrected chi connectivity index (χ0v) is 13.9. The Hall–Kier alpha value is -0.610. The van der Waals surface area contributed by atoms with Crippen molar-refractivity contribution >= 4 is 5.91 Å². The van der Waals surface area contributed by atoms with Gasteiger partial charge in [-0.05, 0) is 59.2 Å². The summed E-state index contributed by atoms with van der Waals surface area (Å²) in [6.45, 7) is 5.80. The van der Waals surface area contributed by atoms with Gasteiger partial charge in [-0.25, -0.2) is 0 Å². The summed E-state index contributed by atoms with van der Waals surface area (Å²) in [5.74, 6) is 0.337. The molecule has 2 rings (SSSR count). The Kier molecular flexibility index (Phi) is 6.97. The van der Waals surface area contributed by atoms with E-state index in [-0.39, 0.29) is 0 Å². The maximum absolute atomic E-state index is 12.7. The lowest BCUT2D eigenvalue weighted by Gasteiger charge is -2.36. The van der Waals surface area contributed by atoms with E-state index in [1.807, 2.05) is 0 Å². The average molecular weight is 295 g/mol. The fraction of sp³-hybridized carbons (Fsp3) is 0.941. The fourth-order valence-electron chi connectivity index (χ4n) is 3.91. The molecular weight excluding hydrogens is 262 g/mol. The Morgan fingerprint density at radius 2 is 1.71 bits per heavy atom. The Morgan fingerprint density at radius 1 is 1.00 bits per heavy atom. The molecule has 4 nitrogen and oxygen atoms in total. The Labute approximate surface area is 130 Å². The minimum Gasteiger partial charge on any atom is -0.339 e. The highest BCUT2D eigenvalue weighted by Crippen LogP contribution is 2.23. The molecule has 1 amide bonds. The van der Waals surface area contributed by atoms with Crippen LogP contribution < -0.4 is 5.32 Å². The molecule has 122 valence electrons. The van der Waals surface area contributed by atoms with Crippen molar-refractivity contribution < 1.29 is 4.79 Å². The molecule has 1 aliphatic carbocycles. The van der Waals surface area contributed by atoms with Gasteiger partial charge in [-0.15, -0.1) is 0 Å². The van der Waals surface area contributed by atoms with Crippen LogP contribution in [0.25, 0.3) is 0 Å². The molecule has 1 aliphatic heterocycles. The van der Waals surface area contributed by atoms with Crippen molar-refractivity contribution in [3.63, 3.8) is 0 Å². The van der Waals surface area contributed by atoms with E-state index in [0.29, 0.717) is 24.5 Å². The molecule has 0 radical (unpaired) electrons. The van der Waals surface area contributed by atoms with E-state index in [0.717, 1.165) is 19.6 Å². The highest BCUT2D eigenvalue weighted by atomic mass is 16.2. The maximum atomic E-state index is 12.7. The van der Waals surface area contributed by atoms with E-state index < -0.39 is 0 Å². The lowest BCUT2D eigenvalue weighted by Crippen LogP contribution is -2.47. The van der Waals surface area contributed by atoms with Gasteiger partial charge < -0.3 is 10.2 Å². The zero-order chi connectivity index (χ0) is 15.1. The molecule has 2 fully saturated rings. The average Bonchev–Trinajstić information content (AvgIpc) is 2.78. The number of carbonyl (C=O) groups excluding carboxylic acids is 1. The Balaban J connectivity index is 1.85. The first kappa shape index (κ1) is 16.8. The summed E-state index contributed by atoms with van der Waals surface area (Å²) in [7, 11) is 2.13. The van der Waals surface area contributed by atoms with E-state index in [1.165, 1.54) is 51.4 Å². The van der Waals surface area contributed by atoms with Crippen LogP contribution in [0.4, 0.5) is 0 Å². The molecular formula is C17H33N3O. The maximum Gasteiger partial charge on any atom is 0.236 e. The molecule has 1 saturated carbocycles. The van der Waals surface area contributed by atoms with Gasteiger partial charge in [0.15, 0.2) is 0 Å². The second-order valence-electron chi connectivity index (χ2n) is 6.72. The van der Waals surface area contributed by atoms with Gasteiger partial charge in [-0.3, -0.25) is 9.69 Å². The standard InChI is InChI=1S/C17H33N3O/c1-3-20(16-8-5-4-6-9-16)17(21)14-19(2)15-10-7-12-18-13-11-15/h15-16,18H,3-14H2,1-2H3. The van der Waals surface area contributed by atoms with E-state index in [9.17, 15) is 4.79 Å². The molecule has 1 N–H and O–H groups in total. The molecule has 1 atom stereocenters. The number of hydrogen-bond acceptors (Lipinski definition) is 3. The van der Waals surface area contributed by atoms with Crippen LogP contribution in [-0.4, -0.2) is 61.0 Å². The number of nitrogens with zero attached hydrogens (tertiary/aromatic N) is 2. The largest absolute Gasteiger partial charge is 0.339 e. The first-order chi connectivity index (χ1) is 10.2. The Bertz CT molecular complexity index is 307. The predicted octanol–water partition coefficient (Wildman–Crippen LogP) is 2.24. The van der Waals surface area contributed by atoms with Crippen molar-refractivity contribution in [1.29, 1.82) is 0 Å². The number of carbonyl (C=O) groups is 1. The van der Waals surface area contributed by atoms with Crippen molar-refractivity contribution in [2.45, 2.75) is 70.4 Å². The summed E-state index contributed by atoms with van der Waals surface area (Å²) in [5.41, 5.74) is 0. The third-order valence-corrected chi connectivity index (χ3v) is 5.23. The van der Waals surface area contributed by atoms with Crippen molar-refractivity contribution in [2.75, 3.05) is 33.2 Å². The van der Waals surface area contributed by atoms with Gasteiger partial charge in [0.2, 0.25) is 5.91 Å². The summed E-state index contributed by atoms with van der Waals surface area (Å²) in [6, 6.07) is 1.06. The van der Waals surface area contributed by atoms with Crippen LogP contribution in [0.2, 0.25) is 0 Å². The van der Waals surface area contributed by atoms with Crippen LogP contribution in [0.15, 0.2) is 0 Å². The van der Waals surface area contributed by atoms with E-state index in [4.69, 9.17) is 0 Å². The van der Waals surface area contributed by atoms with Crippen molar-refractivity contribution in [2.24, 2.45) is 0 Å². The monoisotopic (exact) mass is 295 g/mol. The van der Waals surface area contributed by atoms with Crippen LogP contribution in [0.1, 0.15) is 58.3 Å². The molecule has 0 spiro atoms. The lowest BCUT2D eigenvalue weighted by molar-refractivity contribution is -0.135. The molecule has 0 aromatic rings. The summed E-state index contributed by atoms with van der Waals surface area (Å²) in [5, 5.41) is 3.45. The number of amides is 1. The third kappa shape index (κ3) is 4.96. The van der Waals surface area contributed by atoms with Gasteiger partial charge in [0.05, 0.1) is 6.54 Å². The summed E-state index contributed by atoms with van der Waals surface area (Å²) in [6.07, 6.45) is 9.94. The van der Waals surface area contributed by atoms with Crippen molar-refractivity contribution in [1.82, 2.24) is 15.1 Å². The minimum atomic E-state index is 0.337. The van der Waals surface area contributed by atoms with Crippen molar-refractivity contribution in [3.05, 3.63) is 0 Å². The third-order valence-electron chi connectivity index (χ3n) is 5.23. The number of likely N-dealkylation sites (N-methyl/N-ethyl adjacent to an activating group) is 2. The fourth-order valence-corrected chi connectivity index (χ4v) is 3.91. The first-order valence-corrected chi connectivity index (χ1v) is 8.92. The van der Waals surface area contributed by atoms with Gasteiger partial charge >= 0.3 is 0 Å². The smallest absolute Gasteiger partial charge is 0.236 e. The van der Waals surface area contributed by atoms with Crippen LogP contribution in [-0.2, 0) is 4.79 Å². The van der Waals surface area contributed by atoms with Gasteiger partial charge in [-0.2, -0.15) is 0 Å². The molecule has 1 unspecified atom stereocenters. The number of hydrogen-bond donors (Lipinski definition) is 1. The molecule has 1 heterocycles. The van der Waals surface area contributed by atoms with Crippen LogP contribution in [0, 0.1) is 0 Å². The highest BCUT2D eigenvalue weighted by Gasteiger charge is 2.26. The normalized spacial score (nSPS) is 24.8. The quantitative estimate of drug-likeness (QED) is 0.845. The predicted molar refractivity (Wildman–Crippen MR) is 87.4 cm³/mol. The second-order valence-corrected chi connectivity index (χ2v) is 6.72. The van der Waals surface area contributed by atoms with Crippen LogP contribution in [0.3, 0.4) is 0 Å². The Morgan fingerprint density at radius 3 is 2.43 bits per heavy atom. The zero-order valence-electron chi connectivity index (χ0n) is 13.9. The van der Waals surface area contributed by atoms with Gasteiger partial charge in [0.1, 0.15) is 0 Å². The second kappa shape index (κ2) is 8.74. The van der Waals surface area contributed by atoms with E-state index in [1.54, 1.807) is 0 Å². The first-order valence-electron chi connectivity index (χ1n) is 8.92. The highest BCUT2D eigenvalue weighted by molar-refractivity contribution is 5.78. The van der Waals surface area contributed by atoms with Crippen molar-refractivity contribution in [3.8, 4) is 0 Å². The number of rotatable bonds is 5. The van der Waals surface area contributed by atoms with Gasteiger partial charge in [-0.1, -0.05) is 19.3 Å². The summed E-state index contributed by atoms with van der Waals surface area (Å²) >= 11 is 0. The molecule has 1 saturated heterocycles. The lowest BCUT2D eigenvalue weighted by atomic mass is 9.94. The van der Waals surface area contributed by atoms with Gasteiger partial charge in [0, 0.05) is 18.6 Å². The molecule has 2 aliphatic rings. The summed E-state index contributed by atoms with van der Waals surface area (Å²) in [4.78, 5) is 17.1. The molecule has 21 heavy (non-hydrogen) atoms. The van der Waals surface area contributed by atoms with Gasteiger partial charge in [0.25, 0.3) is 0 Å². The topological polar surface area (TPSA) is 35.6 Å². The SMILES string of the molecule is CCN(C(=O)CN(C)C1CCCNCC1)C1CCCCC1. The minimum absolute atomic E-state index is 0.337. The molecule has 0 aromatic carbocycles. The molecule has 4 heteroatoms. The van der Waals surface area contributed by atoms with Crippen LogP contribution in [0.5, 0.6) is 0 Å². The van der Waals surface area contributed by atoms with Crippen LogP contribution >= 0.6 is 0 Å². The molecule has 0 aromatic heterocycles. The molecule has 0 bridgehead atoms. The number of nitrogens with one attached hydrogen (secondary N) is 1. The van der Waals surface area contributed by atoms with E-state index >= 15 is 0 Å².